The molecule has 86 valence electrons. The number of nitrogens with zero attached hydrogens (tertiary/aromatic N) is 1. The molecule has 0 atom stereocenters. The maximum absolute atomic E-state index is 5.91. The Morgan fingerprint density at radius 2 is 1.75 bits per heavy atom. The Kier molecular flexibility index (Phi) is 7.23. The molecule has 1 nitrogen and oxygen atoms in total. The highest BCUT2D eigenvalue weighted by atomic mass is 35.5. The quantitative estimate of drug-likeness (QED) is 0.480. The molecular formula is C14H18ClN. The number of aliphatic imine (C=N–C) groups is 1. The van der Waals surface area contributed by atoms with E-state index < -0.39 is 0 Å². The predicted octanol–water partition coefficient (Wildman–Crippen LogP) is 4.79. The number of hydrogen-bond donors (Lipinski definition) is 0. The van der Waals surface area contributed by atoms with Crippen LogP contribution in [0.2, 0.25) is 0 Å². The minimum Gasteiger partial charge on any atom is -0.255 e. The SMILES string of the molecule is C=C(C)\C(Cl)=C/N=C(\C=C/C=C/C)C(=C)C. The second-order valence-corrected chi connectivity index (χ2v) is 3.84. The Morgan fingerprint density at radius 3 is 2.19 bits per heavy atom. The van der Waals surface area contributed by atoms with E-state index in [-0.39, 0.29) is 0 Å². The van der Waals surface area contributed by atoms with Crippen LogP contribution < -0.4 is 0 Å². The zero-order valence-electron chi connectivity index (χ0n) is 10.1. The van der Waals surface area contributed by atoms with E-state index in [1.807, 2.05) is 45.1 Å². The summed E-state index contributed by atoms with van der Waals surface area (Å²) in [6, 6.07) is 0. The van der Waals surface area contributed by atoms with Crippen LogP contribution in [0.25, 0.3) is 0 Å². The summed E-state index contributed by atoms with van der Waals surface area (Å²) in [5.41, 5.74) is 2.49. The number of allylic oxidation sites excluding steroid dienone is 7. The Morgan fingerprint density at radius 1 is 1.12 bits per heavy atom. The first-order chi connectivity index (χ1) is 7.49. The summed E-state index contributed by atoms with van der Waals surface area (Å²) in [5, 5.41) is 0.554. The maximum Gasteiger partial charge on any atom is 0.0653 e. The molecule has 0 aromatic heterocycles. The van der Waals surface area contributed by atoms with Crippen molar-refractivity contribution in [3.63, 3.8) is 0 Å². The first-order valence-electron chi connectivity index (χ1n) is 5.03. The fourth-order valence-corrected chi connectivity index (χ4v) is 0.839. The van der Waals surface area contributed by atoms with E-state index in [1.165, 1.54) is 0 Å². The molecule has 2 heteroatoms. The summed E-state index contributed by atoms with van der Waals surface area (Å²) in [7, 11) is 0. The molecule has 0 bridgehead atoms. The smallest absolute Gasteiger partial charge is 0.0653 e. The molecule has 0 N–H and O–H groups in total. The highest BCUT2D eigenvalue weighted by molar-refractivity contribution is 6.31. The largest absolute Gasteiger partial charge is 0.255 e. The molecule has 0 aliphatic rings. The van der Waals surface area contributed by atoms with Gasteiger partial charge in [0.25, 0.3) is 0 Å². The van der Waals surface area contributed by atoms with Crippen molar-refractivity contribution in [3.05, 3.63) is 59.8 Å². The van der Waals surface area contributed by atoms with E-state index in [9.17, 15) is 0 Å². The van der Waals surface area contributed by atoms with E-state index in [0.29, 0.717) is 5.03 Å². The van der Waals surface area contributed by atoms with Gasteiger partial charge in [-0.3, -0.25) is 4.99 Å². The minimum atomic E-state index is 0.554. The Labute approximate surface area is 103 Å². The van der Waals surface area contributed by atoms with Crippen LogP contribution in [0, 0.1) is 0 Å². The van der Waals surface area contributed by atoms with Crippen LogP contribution in [0.1, 0.15) is 20.8 Å². The van der Waals surface area contributed by atoms with Gasteiger partial charge in [-0.1, -0.05) is 43.0 Å². The summed E-state index contributed by atoms with van der Waals surface area (Å²) >= 11 is 5.91. The topological polar surface area (TPSA) is 12.4 Å². The van der Waals surface area contributed by atoms with Crippen molar-refractivity contribution in [1.29, 1.82) is 0 Å². The van der Waals surface area contributed by atoms with Gasteiger partial charge in [-0.2, -0.15) is 0 Å². The fourth-order valence-electron chi connectivity index (χ4n) is 0.790. The molecule has 0 aliphatic carbocycles. The van der Waals surface area contributed by atoms with Crippen molar-refractivity contribution in [2.45, 2.75) is 20.8 Å². The van der Waals surface area contributed by atoms with Gasteiger partial charge in [-0.25, -0.2) is 0 Å². The first-order valence-corrected chi connectivity index (χ1v) is 5.41. The molecular weight excluding hydrogens is 218 g/mol. The van der Waals surface area contributed by atoms with E-state index in [0.717, 1.165) is 16.9 Å². The molecule has 0 spiro atoms. The molecule has 0 fully saturated rings. The van der Waals surface area contributed by atoms with E-state index in [2.05, 4.69) is 18.2 Å². The molecule has 0 saturated heterocycles. The molecule has 0 aliphatic heterocycles. The summed E-state index contributed by atoms with van der Waals surface area (Å²) in [4.78, 5) is 4.26. The minimum absolute atomic E-state index is 0.554. The Hall–Kier alpha value is -1.34. The predicted molar refractivity (Wildman–Crippen MR) is 75.0 cm³/mol. The van der Waals surface area contributed by atoms with Gasteiger partial charge in [0.05, 0.1) is 10.7 Å². The van der Waals surface area contributed by atoms with Crippen LogP contribution in [-0.4, -0.2) is 5.71 Å². The van der Waals surface area contributed by atoms with Crippen molar-refractivity contribution in [3.8, 4) is 0 Å². The Bertz CT molecular complexity index is 382. The van der Waals surface area contributed by atoms with Gasteiger partial charge < -0.3 is 0 Å². The van der Waals surface area contributed by atoms with Crippen molar-refractivity contribution in [1.82, 2.24) is 0 Å². The highest BCUT2D eigenvalue weighted by Gasteiger charge is 1.94. The second kappa shape index (κ2) is 7.89. The normalized spacial score (nSPS) is 13.8. The van der Waals surface area contributed by atoms with Crippen LogP contribution >= 0.6 is 11.6 Å². The van der Waals surface area contributed by atoms with Crippen molar-refractivity contribution in [2.75, 3.05) is 0 Å². The molecule has 0 aromatic carbocycles. The average molecular weight is 236 g/mol. The van der Waals surface area contributed by atoms with Crippen LogP contribution in [0.15, 0.2) is 64.8 Å². The third-order valence-corrected chi connectivity index (χ3v) is 2.14. The maximum atomic E-state index is 5.91. The first kappa shape index (κ1) is 14.7. The summed E-state index contributed by atoms with van der Waals surface area (Å²) in [6.07, 6.45) is 9.27. The number of hydrogen-bond acceptors (Lipinski definition) is 1. The van der Waals surface area contributed by atoms with Gasteiger partial charge >= 0.3 is 0 Å². The van der Waals surface area contributed by atoms with E-state index in [1.54, 1.807) is 6.20 Å². The zero-order chi connectivity index (χ0) is 12.6. The zero-order valence-corrected chi connectivity index (χ0v) is 10.9. The number of rotatable bonds is 5. The lowest BCUT2D eigenvalue weighted by molar-refractivity contribution is 1.44. The molecule has 0 aromatic rings. The van der Waals surface area contributed by atoms with Gasteiger partial charge in [-0.15, -0.1) is 0 Å². The van der Waals surface area contributed by atoms with Gasteiger partial charge in [0.1, 0.15) is 0 Å². The number of halogens is 1. The summed E-state index contributed by atoms with van der Waals surface area (Å²) < 4.78 is 0. The third kappa shape index (κ3) is 6.20. The second-order valence-electron chi connectivity index (χ2n) is 3.44. The molecule has 0 unspecified atom stereocenters. The molecule has 0 radical (unpaired) electrons. The van der Waals surface area contributed by atoms with Gasteiger partial charge in [-0.05, 0) is 38.0 Å². The van der Waals surface area contributed by atoms with Crippen LogP contribution in [0.5, 0.6) is 0 Å². The van der Waals surface area contributed by atoms with Crippen LogP contribution in [-0.2, 0) is 0 Å². The van der Waals surface area contributed by atoms with Crippen LogP contribution in [0.4, 0.5) is 0 Å². The van der Waals surface area contributed by atoms with Gasteiger partial charge in [0.15, 0.2) is 0 Å². The monoisotopic (exact) mass is 235 g/mol. The molecule has 0 heterocycles. The van der Waals surface area contributed by atoms with Crippen LogP contribution in [0.3, 0.4) is 0 Å². The lowest BCUT2D eigenvalue weighted by Crippen LogP contribution is -1.92. The lowest BCUT2D eigenvalue weighted by Gasteiger charge is -1.98. The van der Waals surface area contributed by atoms with E-state index >= 15 is 0 Å². The molecule has 0 saturated carbocycles. The van der Waals surface area contributed by atoms with Crippen molar-refractivity contribution in [2.24, 2.45) is 4.99 Å². The lowest BCUT2D eigenvalue weighted by atomic mass is 10.2. The molecule has 0 rings (SSSR count). The molecule has 16 heavy (non-hydrogen) atoms. The van der Waals surface area contributed by atoms with Gasteiger partial charge in [0, 0.05) is 6.20 Å². The Balaban J connectivity index is 4.93. The fraction of sp³-hybridized carbons (Fsp3) is 0.214. The standard InChI is InChI=1S/C14H18ClN/c1-6-7-8-9-14(12(4)5)16-10-13(15)11(2)3/h6-10H,2,4H2,1,3,5H3/b7-6+,9-8-,13-10+,16-14+. The summed E-state index contributed by atoms with van der Waals surface area (Å²) in [6.45, 7) is 13.3. The highest BCUT2D eigenvalue weighted by Crippen LogP contribution is 2.12. The van der Waals surface area contributed by atoms with Crippen molar-refractivity contribution >= 4 is 17.3 Å². The summed E-state index contributed by atoms with van der Waals surface area (Å²) in [5.74, 6) is 0. The average Bonchev–Trinajstić information content (AvgIpc) is 2.21. The van der Waals surface area contributed by atoms with E-state index in [4.69, 9.17) is 11.6 Å². The van der Waals surface area contributed by atoms with Gasteiger partial charge in [0.2, 0.25) is 0 Å². The molecule has 0 amide bonds. The third-order valence-electron chi connectivity index (χ3n) is 1.72. The van der Waals surface area contributed by atoms with Crippen molar-refractivity contribution < 1.29 is 0 Å².